The van der Waals surface area contributed by atoms with Crippen molar-refractivity contribution in [3.63, 3.8) is 0 Å². The van der Waals surface area contributed by atoms with Gasteiger partial charge in [-0.1, -0.05) is 34.6 Å². The van der Waals surface area contributed by atoms with Crippen molar-refractivity contribution in [2.24, 2.45) is 11.8 Å². The number of aliphatic hydroxyl groups excluding tert-OH is 9. The van der Waals surface area contributed by atoms with Crippen molar-refractivity contribution in [1.82, 2.24) is 69.8 Å². The SMILES string of the molecule is CC(C)COc1nc(N)nc(OCCCO)c1N.CC(C)COc1nc(N)nc(OCCO)c1N.CC(O)COc1nc(N)nc(OCCCO)c1N.CCCOc1nc(N)nc(OCCCO)c1N.CCOc1nc(N)nc(OCCCO)c1N.COc1nc(N)nc(OCCCO)c1N.Nc1nc(OCCO)c(N)c(OCCO)n1. The first-order valence-corrected chi connectivity index (χ1v) is 36.1. The maximum absolute atomic E-state index is 9.12. The number of nitrogen functional groups attached to an aromatic ring is 14. The summed E-state index contributed by atoms with van der Waals surface area (Å²) in [5.41, 5.74) is 79.8. The molecule has 7 rings (SSSR count). The topological polar surface area (TPSA) is 856 Å². The minimum Gasteiger partial charge on any atom is -0.479 e. The Hall–Kier alpha value is -12.4. The zero-order chi connectivity index (χ0) is 87.8. The van der Waals surface area contributed by atoms with Gasteiger partial charge in [-0.15, -0.1) is 0 Å². The van der Waals surface area contributed by atoms with Crippen LogP contribution in [0.2, 0.25) is 0 Å². The van der Waals surface area contributed by atoms with Crippen LogP contribution in [0.25, 0.3) is 0 Å². The van der Waals surface area contributed by atoms with Gasteiger partial charge in [-0.2, -0.15) is 69.8 Å². The van der Waals surface area contributed by atoms with Crippen molar-refractivity contribution in [1.29, 1.82) is 0 Å². The second-order valence-electron chi connectivity index (χ2n) is 23.6. The number of hydrogen-bond donors (Lipinski definition) is 23. The van der Waals surface area contributed by atoms with Crippen LogP contribution in [0.4, 0.5) is 81.5 Å². The summed E-state index contributed by atoms with van der Waals surface area (Å²) >= 11 is 0. The summed E-state index contributed by atoms with van der Waals surface area (Å²) in [6.07, 6.45) is 2.61. The minimum absolute atomic E-state index is 0.00581. The summed E-state index contributed by atoms with van der Waals surface area (Å²) in [6.45, 7) is 16.7. The molecular formula is C66H118N28O23. The first kappa shape index (κ1) is 103. The fourth-order valence-electron chi connectivity index (χ4n) is 7.32. The normalized spacial score (nSPS) is 10.6. The van der Waals surface area contributed by atoms with Crippen LogP contribution in [0, 0.1) is 11.8 Å². The number of nitrogens with zero attached hydrogens (tertiary/aromatic N) is 14. The van der Waals surface area contributed by atoms with Gasteiger partial charge in [0.15, 0.2) is 39.8 Å². The maximum atomic E-state index is 9.12. The minimum atomic E-state index is -0.653. The molecule has 7 heterocycles. The molecule has 0 aliphatic heterocycles. The smallest absolute Gasteiger partial charge is 0.246 e. The van der Waals surface area contributed by atoms with Crippen LogP contribution in [-0.2, 0) is 0 Å². The second kappa shape index (κ2) is 59.3. The summed E-state index contributed by atoms with van der Waals surface area (Å²) < 4.78 is 72.9. The zero-order valence-electron chi connectivity index (χ0n) is 66.9. The summed E-state index contributed by atoms with van der Waals surface area (Å²) in [5.74, 6) is 2.99. The van der Waals surface area contributed by atoms with Crippen molar-refractivity contribution < 1.29 is 112 Å². The highest BCUT2D eigenvalue weighted by Gasteiger charge is 2.20. The largest absolute Gasteiger partial charge is 0.479 e. The highest BCUT2D eigenvalue weighted by molar-refractivity contribution is 5.63. The van der Waals surface area contributed by atoms with E-state index in [1.807, 2.05) is 41.5 Å². The molecule has 7 aromatic heterocycles. The van der Waals surface area contributed by atoms with Crippen LogP contribution in [0.3, 0.4) is 0 Å². The second-order valence-corrected chi connectivity index (χ2v) is 23.6. The fourth-order valence-corrected chi connectivity index (χ4v) is 7.32. The number of aliphatic hydroxyl groups is 9. The van der Waals surface area contributed by atoms with Crippen LogP contribution >= 0.6 is 0 Å². The average Bonchev–Trinajstić information content (AvgIpc) is 1.12. The molecule has 0 bridgehead atoms. The Morgan fingerprint density at radius 3 is 0.598 bits per heavy atom. The fraction of sp³-hybridized carbons (Fsp3) is 0.576. The third-order valence-corrected chi connectivity index (χ3v) is 12.4. The third-order valence-electron chi connectivity index (χ3n) is 12.4. The van der Waals surface area contributed by atoms with Gasteiger partial charge < -0.3 is 193 Å². The Morgan fingerprint density at radius 1 is 0.239 bits per heavy atom. The molecule has 0 amide bonds. The third kappa shape index (κ3) is 41.5. The molecule has 0 fully saturated rings. The van der Waals surface area contributed by atoms with E-state index in [1.54, 1.807) is 6.92 Å². The number of hydrogen-bond acceptors (Lipinski definition) is 51. The lowest BCUT2D eigenvalue weighted by atomic mass is 10.2. The molecule has 0 radical (unpaired) electrons. The zero-order valence-corrected chi connectivity index (χ0v) is 66.9. The molecule has 0 spiro atoms. The number of anilines is 14. The summed E-state index contributed by atoms with van der Waals surface area (Å²) in [6, 6.07) is 0. The van der Waals surface area contributed by atoms with Crippen molar-refractivity contribution in [3.05, 3.63) is 0 Å². The Balaban J connectivity index is 0.000000683. The summed E-state index contributed by atoms with van der Waals surface area (Å²) in [4.78, 5) is 53.7. The molecule has 660 valence electrons. The Bertz CT molecular complexity index is 3790. The van der Waals surface area contributed by atoms with Gasteiger partial charge in [0.25, 0.3) is 0 Å². The van der Waals surface area contributed by atoms with Crippen LogP contribution in [-0.4, -0.2) is 268 Å². The molecule has 37 N–H and O–H groups in total. The standard InChI is InChI=1S/C11H20N4O3.C10H18N4O4.2C10H18N4O3.C9H16N4O3.C8H14N4O4.C8H14N4O3/c1-7(2)6-18-10-8(12)9(14-11(13)15-10)17-5-3-4-16;1-6(16)5-18-9-7(11)8(13-10(12)14-9)17-4-2-3-15;1-6(2)5-17-9-7(11)8(16-4-3-15)13-10(12)14-9;1-2-5-16-8-7(11)9(14-10(12)13-8)17-6-3-4-15;1-2-15-7-6(10)8(13-9(11)12-7)16-5-3-4-14;9-5-6(15-3-1-13)11-8(10)12-7(5)16-4-2-14;1-14-6-5(9)7(12-8(10)11-6)15-4-2-3-13/h7,16H,3-6,12H2,1-2H3,(H2,13,14,15);6,15-16H,2-5,11H2,1H3,(H2,12,13,14);6,15H,3-5,11H2,1-2H3,(H2,12,13,14);15H,2-6,11H2,1H3,(H2,12,13,14);14H,2-5,10H2,1H3,(H2,11,12,13);13-14H,1-4,9H2,(H2,10,11,12);13H,2-4,9H2,1H3,(H2,10,11,12). The van der Waals surface area contributed by atoms with E-state index in [-0.39, 0.29) is 250 Å². The van der Waals surface area contributed by atoms with E-state index < -0.39 is 6.10 Å². The van der Waals surface area contributed by atoms with Gasteiger partial charge in [0.1, 0.15) is 26.4 Å². The van der Waals surface area contributed by atoms with E-state index in [9.17, 15) is 0 Å². The summed E-state index contributed by atoms with van der Waals surface area (Å²) in [5, 5.41) is 78.1. The van der Waals surface area contributed by atoms with Crippen molar-refractivity contribution in [3.8, 4) is 82.3 Å². The Kier molecular flexibility index (Phi) is 52.0. The van der Waals surface area contributed by atoms with Gasteiger partial charge in [0.05, 0.1) is 92.5 Å². The first-order valence-electron chi connectivity index (χ1n) is 36.1. The predicted molar refractivity (Wildman–Crippen MR) is 431 cm³/mol. The maximum Gasteiger partial charge on any atom is 0.246 e. The van der Waals surface area contributed by atoms with Crippen molar-refractivity contribution in [2.45, 2.75) is 93.1 Å². The average molecular weight is 1670 g/mol. The number of nitrogens with two attached hydrogens (primary N) is 14. The molecule has 51 heteroatoms. The lowest BCUT2D eigenvalue weighted by Crippen LogP contribution is -2.16. The van der Waals surface area contributed by atoms with E-state index in [2.05, 4.69) is 69.8 Å². The van der Waals surface area contributed by atoms with Gasteiger partial charge in [0, 0.05) is 65.1 Å². The molecule has 7 aromatic rings. The molecule has 0 aromatic carbocycles. The molecule has 51 nitrogen and oxygen atoms in total. The first-order chi connectivity index (χ1) is 55.9. The molecule has 0 aliphatic carbocycles. The predicted octanol–water partition coefficient (Wildman–Crippen LogP) is -2.57. The van der Waals surface area contributed by atoms with Gasteiger partial charge >= 0.3 is 0 Å². The molecule has 0 aliphatic rings. The number of rotatable bonds is 44. The Labute approximate surface area is 674 Å². The van der Waals surface area contributed by atoms with E-state index in [1.165, 1.54) is 7.11 Å². The van der Waals surface area contributed by atoms with Crippen LogP contribution in [0.5, 0.6) is 82.3 Å². The molecule has 117 heavy (non-hydrogen) atoms. The lowest BCUT2D eigenvalue weighted by molar-refractivity contribution is 0.120. The lowest BCUT2D eigenvalue weighted by Gasteiger charge is -2.13. The van der Waals surface area contributed by atoms with Crippen LogP contribution in [0.15, 0.2) is 0 Å². The van der Waals surface area contributed by atoms with E-state index in [0.29, 0.717) is 96.8 Å². The van der Waals surface area contributed by atoms with Crippen LogP contribution in [0.1, 0.15) is 87.0 Å². The molecule has 0 saturated carbocycles. The number of methoxy groups -OCH3 is 1. The van der Waals surface area contributed by atoms with E-state index in [4.69, 9.17) is 193 Å². The number of aromatic nitrogens is 14. The molecular weight excluding hydrogens is 1550 g/mol. The van der Waals surface area contributed by atoms with Gasteiger partial charge in [0.2, 0.25) is 124 Å². The van der Waals surface area contributed by atoms with Crippen molar-refractivity contribution >= 4 is 81.5 Å². The molecule has 1 atom stereocenters. The number of ether oxygens (including phenoxy) is 14. The van der Waals surface area contributed by atoms with E-state index >= 15 is 0 Å². The van der Waals surface area contributed by atoms with Gasteiger partial charge in [-0.3, -0.25) is 0 Å². The monoisotopic (exact) mass is 1670 g/mol. The van der Waals surface area contributed by atoms with Crippen molar-refractivity contribution in [2.75, 3.05) is 226 Å². The van der Waals surface area contributed by atoms with Gasteiger partial charge in [-0.05, 0) is 32.1 Å². The Morgan fingerprint density at radius 2 is 0.419 bits per heavy atom. The summed E-state index contributed by atoms with van der Waals surface area (Å²) in [7, 11) is 1.43. The van der Waals surface area contributed by atoms with Gasteiger partial charge in [-0.25, -0.2) is 0 Å². The van der Waals surface area contributed by atoms with Crippen LogP contribution < -0.4 is 147 Å². The highest BCUT2D eigenvalue weighted by atomic mass is 16.5. The highest BCUT2D eigenvalue weighted by Crippen LogP contribution is 2.35. The molecule has 0 saturated heterocycles. The quantitative estimate of drug-likeness (QED) is 0.0175. The van der Waals surface area contributed by atoms with E-state index in [0.717, 1.165) is 6.42 Å². The molecule has 1 unspecified atom stereocenters.